The largest absolute Gasteiger partial charge is 0.493 e. The summed E-state index contributed by atoms with van der Waals surface area (Å²) in [5, 5.41) is 5.36. The van der Waals surface area contributed by atoms with Crippen LogP contribution in [0.2, 0.25) is 5.02 Å². The van der Waals surface area contributed by atoms with E-state index < -0.39 is 23.6 Å². The van der Waals surface area contributed by atoms with Crippen molar-refractivity contribution >= 4 is 47.2 Å². The molecule has 2 N–H and O–H groups in total. The number of hydrogen-bond acceptors (Lipinski definition) is 8. The molecule has 5 rings (SSSR count). The number of hydrogen-bond donors (Lipinski definition) is 2. The summed E-state index contributed by atoms with van der Waals surface area (Å²) in [5.74, 6) is -0.491. The monoisotopic (exact) mass is 640 g/mol. The number of piperidine rings is 1. The smallest absolute Gasteiger partial charge is 0.411 e. The maximum absolute atomic E-state index is 13.1. The van der Waals surface area contributed by atoms with Crippen LogP contribution >= 0.6 is 11.6 Å². The molecule has 5 amide bonds. The van der Waals surface area contributed by atoms with E-state index in [1.54, 1.807) is 35.2 Å². The van der Waals surface area contributed by atoms with E-state index in [0.717, 1.165) is 12.0 Å². The molecular formula is C32H37ClN4O8. The summed E-state index contributed by atoms with van der Waals surface area (Å²) in [7, 11) is 0. The number of likely N-dealkylation sites (tertiary alicyclic amines) is 1. The Balaban J connectivity index is 1.13. The maximum Gasteiger partial charge on any atom is 0.411 e. The SMILES string of the molecule is Cc1c(Cl)cc(NC(=O)OCc2ccc3c(c2)C(=O)N(C2CCC(=O)NC2=O)C3)cc1OCC1CCN(C(=O)OC(C)(C)C)C1. The molecule has 2 aromatic rings. The third-order valence-electron chi connectivity index (χ3n) is 7.92. The molecule has 45 heavy (non-hydrogen) atoms. The minimum Gasteiger partial charge on any atom is -0.493 e. The van der Waals surface area contributed by atoms with Gasteiger partial charge >= 0.3 is 12.2 Å². The molecule has 0 saturated carbocycles. The topological polar surface area (TPSA) is 144 Å². The van der Waals surface area contributed by atoms with Gasteiger partial charge in [0.2, 0.25) is 11.8 Å². The van der Waals surface area contributed by atoms with Gasteiger partial charge in [-0.3, -0.25) is 25.0 Å². The van der Waals surface area contributed by atoms with Crippen LogP contribution in [-0.2, 0) is 32.2 Å². The first-order valence-electron chi connectivity index (χ1n) is 14.9. The average molecular weight is 641 g/mol. The van der Waals surface area contributed by atoms with Gasteiger partial charge in [0.05, 0.1) is 6.61 Å². The molecule has 2 saturated heterocycles. The number of anilines is 1. The highest BCUT2D eigenvalue weighted by molar-refractivity contribution is 6.31. The zero-order valence-corrected chi connectivity index (χ0v) is 26.5. The lowest BCUT2D eigenvalue weighted by Crippen LogP contribution is -2.52. The van der Waals surface area contributed by atoms with E-state index in [9.17, 15) is 24.0 Å². The normalized spacial score (nSPS) is 19.7. The van der Waals surface area contributed by atoms with Gasteiger partial charge in [-0.05, 0) is 63.8 Å². The van der Waals surface area contributed by atoms with Crippen molar-refractivity contribution in [1.29, 1.82) is 0 Å². The van der Waals surface area contributed by atoms with Crippen LogP contribution in [0.15, 0.2) is 30.3 Å². The second-order valence-corrected chi connectivity index (χ2v) is 13.0. The molecule has 3 heterocycles. The number of imide groups is 1. The van der Waals surface area contributed by atoms with Crippen LogP contribution in [0.25, 0.3) is 0 Å². The highest BCUT2D eigenvalue weighted by Crippen LogP contribution is 2.32. The Morgan fingerprint density at radius 2 is 1.89 bits per heavy atom. The fourth-order valence-corrected chi connectivity index (χ4v) is 5.75. The molecule has 2 atom stereocenters. The van der Waals surface area contributed by atoms with Crippen molar-refractivity contribution in [2.75, 3.05) is 25.0 Å². The molecule has 12 nitrogen and oxygen atoms in total. The zero-order chi connectivity index (χ0) is 32.5. The predicted octanol–water partition coefficient (Wildman–Crippen LogP) is 4.79. The Bertz CT molecular complexity index is 1540. The first-order valence-corrected chi connectivity index (χ1v) is 15.3. The number of nitrogens with zero attached hydrogens (tertiary/aromatic N) is 2. The number of halogens is 1. The van der Waals surface area contributed by atoms with Gasteiger partial charge in [-0.15, -0.1) is 0 Å². The zero-order valence-electron chi connectivity index (χ0n) is 25.7. The fourth-order valence-electron chi connectivity index (χ4n) is 5.54. The second kappa shape index (κ2) is 13.0. The highest BCUT2D eigenvalue weighted by Gasteiger charge is 2.39. The highest BCUT2D eigenvalue weighted by atomic mass is 35.5. The summed E-state index contributed by atoms with van der Waals surface area (Å²) in [5.41, 5.74) is 2.34. The summed E-state index contributed by atoms with van der Waals surface area (Å²) in [6.45, 7) is 8.97. The summed E-state index contributed by atoms with van der Waals surface area (Å²) in [4.78, 5) is 65.1. The van der Waals surface area contributed by atoms with Crippen molar-refractivity contribution in [2.24, 2.45) is 5.92 Å². The first kappa shape index (κ1) is 32.1. The first-order chi connectivity index (χ1) is 21.3. The van der Waals surface area contributed by atoms with Gasteiger partial charge in [-0.1, -0.05) is 23.7 Å². The van der Waals surface area contributed by atoms with E-state index in [-0.39, 0.29) is 49.8 Å². The predicted molar refractivity (Wildman–Crippen MR) is 164 cm³/mol. The number of fused-ring (bicyclic) bond motifs is 1. The minimum atomic E-state index is -0.721. The fraction of sp³-hybridized carbons (Fsp3) is 0.469. The Hall–Kier alpha value is -4.32. The van der Waals surface area contributed by atoms with E-state index in [4.69, 9.17) is 25.8 Å². The Labute approximate surface area is 266 Å². The molecule has 2 aromatic carbocycles. The molecule has 0 aromatic heterocycles. The Morgan fingerprint density at radius 1 is 1.11 bits per heavy atom. The van der Waals surface area contributed by atoms with Crippen LogP contribution in [0.5, 0.6) is 5.75 Å². The van der Waals surface area contributed by atoms with Gasteiger partial charge in [0.1, 0.15) is 24.0 Å². The summed E-state index contributed by atoms with van der Waals surface area (Å²) in [6, 6.07) is 7.75. The number of benzene rings is 2. The number of amides is 5. The van der Waals surface area contributed by atoms with Crippen molar-refractivity contribution in [3.63, 3.8) is 0 Å². The van der Waals surface area contributed by atoms with Crippen LogP contribution in [0, 0.1) is 12.8 Å². The van der Waals surface area contributed by atoms with E-state index in [1.165, 1.54) is 4.90 Å². The molecule has 2 unspecified atom stereocenters. The van der Waals surface area contributed by atoms with Gasteiger partial charge in [0, 0.05) is 59.9 Å². The van der Waals surface area contributed by atoms with E-state index >= 15 is 0 Å². The van der Waals surface area contributed by atoms with Crippen LogP contribution < -0.4 is 15.4 Å². The molecule has 2 fully saturated rings. The van der Waals surface area contributed by atoms with Crippen molar-refractivity contribution in [3.8, 4) is 5.75 Å². The number of carbonyl (C=O) groups excluding carboxylic acids is 5. The second-order valence-electron chi connectivity index (χ2n) is 12.6. The third kappa shape index (κ3) is 7.67. The van der Waals surface area contributed by atoms with E-state index in [1.807, 2.05) is 27.7 Å². The molecular weight excluding hydrogens is 604 g/mol. The molecule has 240 valence electrons. The van der Waals surface area contributed by atoms with Gasteiger partial charge in [-0.25, -0.2) is 9.59 Å². The van der Waals surface area contributed by atoms with Crippen molar-refractivity contribution in [2.45, 2.75) is 71.8 Å². The standard InChI is InChI=1S/C32H37ClN4O8/c1-18-24(33)12-22(13-26(18)43-17-20-9-10-36(14-20)31(42)45-32(2,3)4)34-30(41)44-16-19-5-6-21-15-37(29(40)23(21)11-19)25-7-8-27(38)35-28(25)39/h5-6,11-13,20,25H,7-10,14-17H2,1-4H3,(H,34,41)(H,35,38,39). The van der Waals surface area contributed by atoms with Gasteiger partial charge in [-0.2, -0.15) is 0 Å². The third-order valence-corrected chi connectivity index (χ3v) is 8.31. The molecule has 13 heteroatoms. The number of carbonyl (C=O) groups is 5. The molecule has 0 spiro atoms. The summed E-state index contributed by atoms with van der Waals surface area (Å²) in [6.07, 6.45) is 0.180. The molecule has 3 aliphatic rings. The van der Waals surface area contributed by atoms with Crippen LogP contribution in [0.3, 0.4) is 0 Å². The maximum atomic E-state index is 13.1. The summed E-state index contributed by atoms with van der Waals surface area (Å²) < 4.78 is 16.9. The minimum absolute atomic E-state index is 0.0937. The van der Waals surface area contributed by atoms with Crippen molar-refractivity contribution < 1.29 is 38.2 Å². The average Bonchev–Trinajstić information content (AvgIpc) is 3.57. The number of ether oxygens (including phenoxy) is 3. The van der Waals surface area contributed by atoms with Crippen LogP contribution in [0.4, 0.5) is 15.3 Å². The number of nitrogens with one attached hydrogen (secondary N) is 2. The molecule has 0 aliphatic carbocycles. The van der Waals surface area contributed by atoms with E-state index in [2.05, 4.69) is 10.6 Å². The van der Waals surface area contributed by atoms with Crippen LogP contribution in [0.1, 0.15) is 67.1 Å². The van der Waals surface area contributed by atoms with E-state index in [0.29, 0.717) is 52.8 Å². The van der Waals surface area contributed by atoms with Crippen molar-refractivity contribution in [3.05, 3.63) is 57.6 Å². The lowest BCUT2D eigenvalue weighted by Gasteiger charge is -2.29. The molecule has 0 radical (unpaired) electrons. The Kier molecular flexibility index (Phi) is 9.24. The lowest BCUT2D eigenvalue weighted by atomic mass is 10.0. The van der Waals surface area contributed by atoms with Gasteiger partial charge in [0.25, 0.3) is 5.91 Å². The quantitative estimate of drug-likeness (QED) is 0.411. The number of rotatable bonds is 7. The van der Waals surface area contributed by atoms with Crippen molar-refractivity contribution in [1.82, 2.24) is 15.1 Å². The molecule has 3 aliphatic heterocycles. The van der Waals surface area contributed by atoms with Gasteiger partial charge < -0.3 is 24.0 Å². The van der Waals surface area contributed by atoms with Crippen LogP contribution in [-0.4, -0.2) is 71.0 Å². The van der Waals surface area contributed by atoms with Gasteiger partial charge in [0.15, 0.2) is 0 Å². The summed E-state index contributed by atoms with van der Waals surface area (Å²) >= 11 is 6.43. The molecule has 0 bridgehead atoms. The Morgan fingerprint density at radius 3 is 2.62 bits per heavy atom. The lowest BCUT2D eigenvalue weighted by molar-refractivity contribution is -0.136.